The summed E-state index contributed by atoms with van der Waals surface area (Å²) in [5.74, 6) is -1.70. The molecule has 0 unspecified atom stereocenters. The van der Waals surface area contributed by atoms with Crippen LogP contribution in [0.5, 0.6) is 0 Å². The summed E-state index contributed by atoms with van der Waals surface area (Å²) in [6, 6.07) is 0. The fourth-order valence-electron chi connectivity index (χ4n) is 2.96. The van der Waals surface area contributed by atoms with Crippen LogP contribution in [-0.2, 0) is 4.79 Å². The second-order valence-corrected chi connectivity index (χ2v) is 5.76. The van der Waals surface area contributed by atoms with Crippen molar-refractivity contribution in [1.29, 1.82) is 0 Å². The lowest BCUT2D eigenvalue weighted by atomic mass is 9.78. The number of aliphatic carboxylic acids is 1. The van der Waals surface area contributed by atoms with E-state index in [1.165, 1.54) is 4.90 Å². The molecule has 7 N–H and O–H groups in total. The predicted octanol–water partition coefficient (Wildman–Crippen LogP) is -2.66. The van der Waals surface area contributed by atoms with Crippen molar-refractivity contribution < 1.29 is 19.9 Å². The Hall–Kier alpha value is -1.91. The van der Waals surface area contributed by atoms with Crippen molar-refractivity contribution in [3.05, 3.63) is 20.4 Å². The van der Waals surface area contributed by atoms with E-state index in [1.54, 1.807) is 0 Å². The highest BCUT2D eigenvalue weighted by Crippen LogP contribution is 2.34. The van der Waals surface area contributed by atoms with Gasteiger partial charge in [0.15, 0.2) is 0 Å². The van der Waals surface area contributed by atoms with Crippen LogP contribution < -0.4 is 27.2 Å². The number of carboxylic acid groups (broad SMARTS) is 1. The number of hydrogen-bond donors (Lipinski definition) is 5. The van der Waals surface area contributed by atoms with Crippen LogP contribution in [0.4, 0.5) is 11.4 Å². The SMILES string of the molecule is Nc1c(N2C[C@H](CCCB(O)O)[C@](N)(C(=O)O)C2)c(=O)c1=O. The lowest BCUT2D eigenvalue weighted by Gasteiger charge is -2.25. The fourth-order valence-corrected chi connectivity index (χ4v) is 2.96. The molecule has 1 aliphatic heterocycles. The number of nitrogen functional groups attached to an aromatic ring is 1. The van der Waals surface area contributed by atoms with E-state index < -0.39 is 35.4 Å². The maximum Gasteiger partial charge on any atom is 0.451 e. The quantitative estimate of drug-likeness (QED) is 0.278. The van der Waals surface area contributed by atoms with Gasteiger partial charge in [-0.15, -0.1) is 0 Å². The molecule has 0 radical (unpaired) electrons. The highest BCUT2D eigenvalue weighted by atomic mass is 16.4. The predicted molar refractivity (Wildman–Crippen MR) is 80.3 cm³/mol. The van der Waals surface area contributed by atoms with Crippen LogP contribution in [0.2, 0.25) is 6.32 Å². The van der Waals surface area contributed by atoms with Gasteiger partial charge in [0.2, 0.25) is 0 Å². The second-order valence-electron chi connectivity index (χ2n) is 5.76. The molecule has 9 nitrogen and oxygen atoms in total. The molecule has 0 aliphatic carbocycles. The Morgan fingerprint density at radius 3 is 2.50 bits per heavy atom. The first kappa shape index (κ1) is 16.5. The van der Waals surface area contributed by atoms with Gasteiger partial charge in [-0.2, -0.15) is 0 Å². The molecule has 2 rings (SSSR count). The third kappa shape index (κ3) is 2.60. The van der Waals surface area contributed by atoms with Crippen molar-refractivity contribution in [2.75, 3.05) is 23.7 Å². The Labute approximate surface area is 126 Å². The molecule has 2 atom stereocenters. The molecule has 1 saturated heterocycles. The van der Waals surface area contributed by atoms with Crippen LogP contribution >= 0.6 is 0 Å². The Morgan fingerprint density at radius 2 is 2.00 bits per heavy atom. The summed E-state index contributed by atoms with van der Waals surface area (Å²) in [4.78, 5) is 35.7. The van der Waals surface area contributed by atoms with Crippen LogP contribution in [0.15, 0.2) is 9.59 Å². The van der Waals surface area contributed by atoms with Gasteiger partial charge in [-0.3, -0.25) is 14.4 Å². The van der Waals surface area contributed by atoms with Crippen LogP contribution in [0, 0.1) is 5.92 Å². The molecular formula is C12H18BN3O6. The molecule has 1 heterocycles. The van der Waals surface area contributed by atoms with Crippen molar-refractivity contribution >= 4 is 24.5 Å². The first-order chi connectivity index (χ1) is 10.2. The van der Waals surface area contributed by atoms with Crippen LogP contribution in [-0.4, -0.2) is 46.9 Å². The molecule has 10 heteroatoms. The summed E-state index contributed by atoms with van der Waals surface area (Å²) in [5.41, 5.74) is 8.27. The maximum atomic E-state index is 11.6. The zero-order chi connectivity index (χ0) is 16.7. The molecule has 120 valence electrons. The first-order valence-corrected chi connectivity index (χ1v) is 6.90. The summed E-state index contributed by atoms with van der Waals surface area (Å²) in [5, 5.41) is 27.1. The van der Waals surface area contributed by atoms with E-state index in [1.807, 2.05) is 0 Å². The van der Waals surface area contributed by atoms with E-state index >= 15 is 0 Å². The lowest BCUT2D eigenvalue weighted by molar-refractivity contribution is -0.144. The van der Waals surface area contributed by atoms with E-state index in [4.69, 9.17) is 21.5 Å². The third-order valence-corrected chi connectivity index (χ3v) is 4.27. The number of anilines is 2. The van der Waals surface area contributed by atoms with Crippen molar-refractivity contribution in [2.24, 2.45) is 11.7 Å². The minimum absolute atomic E-state index is 0.0331. The number of carbonyl (C=O) groups is 1. The van der Waals surface area contributed by atoms with Gasteiger partial charge >= 0.3 is 13.1 Å². The van der Waals surface area contributed by atoms with E-state index in [0.29, 0.717) is 12.8 Å². The minimum Gasteiger partial charge on any atom is -0.480 e. The van der Waals surface area contributed by atoms with E-state index in [-0.39, 0.29) is 30.8 Å². The molecule has 0 bridgehead atoms. The van der Waals surface area contributed by atoms with Crippen molar-refractivity contribution in [3.63, 3.8) is 0 Å². The fraction of sp³-hybridized carbons (Fsp3) is 0.583. The van der Waals surface area contributed by atoms with Crippen molar-refractivity contribution in [1.82, 2.24) is 0 Å². The molecule has 0 aromatic heterocycles. The van der Waals surface area contributed by atoms with E-state index in [9.17, 15) is 19.5 Å². The monoisotopic (exact) mass is 311 g/mol. The Bertz CT molecular complexity index is 656. The topological polar surface area (TPSA) is 167 Å². The first-order valence-electron chi connectivity index (χ1n) is 6.90. The second kappa shape index (κ2) is 5.71. The van der Waals surface area contributed by atoms with Gasteiger partial charge in [-0.25, -0.2) is 0 Å². The molecule has 1 aliphatic rings. The molecule has 1 fully saturated rings. The molecule has 0 amide bonds. The lowest BCUT2D eigenvalue weighted by Crippen LogP contribution is -2.55. The van der Waals surface area contributed by atoms with Gasteiger partial charge < -0.3 is 31.5 Å². The Morgan fingerprint density at radius 1 is 1.36 bits per heavy atom. The minimum atomic E-state index is -1.58. The highest BCUT2D eigenvalue weighted by Gasteiger charge is 2.50. The molecule has 0 saturated carbocycles. The average Bonchev–Trinajstić information content (AvgIpc) is 2.76. The number of rotatable bonds is 6. The maximum absolute atomic E-state index is 11.6. The Balaban J connectivity index is 2.17. The van der Waals surface area contributed by atoms with Crippen LogP contribution in [0.25, 0.3) is 0 Å². The number of carboxylic acids is 1. The number of nitrogens with two attached hydrogens (primary N) is 2. The molecule has 22 heavy (non-hydrogen) atoms. The smallest absolute Gasteiger partial charge is 0.451 e. The van der Waals surface area contributed by atoms with Gasteiger partial charge in [-0.05, 0) is 12.7 Å². The number of nitrogens with zero attached hydrogens (tertiary/aromatic N) is 1. The normalized spacial score (nSPS) is 24.9. The van der Waals surface area contributed by atoms with Gasteiger partial charge in [0.05, 0.1) is 0 Å². The van der Waals surface area contributed by atoms with Crippen LogP contribution in [0.3, 0.4) is 0 Å². The molecule has 0 spiro atoms. The molecular weight excluding hydrogens is 293 g/mol. The van der Waals surface area contributed by atoms with Crippen molar-refractivity contribution in [3.8, 4) is 0 Å². The van der Waals surface area contributed by atoms with E-state index in [0.717, 1.165) is 0 Å². The van der Waals surface area contributed by atoms with Crippen LogP contribution in [0.1, 0.15) is 12.8 Å². The molecule has 1 aromatic rings. The van der Waals surface area contributed by atoms with Gasteiger partial charge in [-0.1, -0.05) is 6.42 Å². The third-order valence-electron chi connectivity index (χ3n) is 4.27. The zero-order valence-electron chi connectivity index (χ0n) is 11.9. The summed E-state index contributed by atoms with van der Waals surface area (Å²) < 4.78 is 0. The largest absolute Gasteiger partial charge is 0.480 e. The summed E-state index contributed by atoms with van der Waals surface area (Å²) >= 11 is 0. The summed E-state index contributed by atoms with van der Waals surface area (Å²) in [7, 11) is -1.46. The number of hydrogen-bond acceptors (Lipinski definition) is 8. The summed E-state index contributed by atoms with van der Waals surface area (Å²) in [6.07, 6.45) is 0.838. The average molecular weight is 311 g/mol. The standard InChI is InChI=1S/C12H18BN3O6/c14-7-8(10(18)9(7)17)16-4-6(2-1-3-13(21)22)12(15,5-16)11(19)20/h6,21-22H,1-5,14-15H2,(H,19,20)/t6-,12-/m0/s1. The van der Waals surface area contributed by atoms with E-state index in [2.05, 4.69) is 0 Å². The Kier molecular flexibility index (Phi) is 4.27. The van der Waals surface area contributed by atoms with Gasteiger partial charge in [0, 0.05) is 19.0 Å². The molecule has 1 aromatic carbocycles. The zero-order valence-corrected chi connectivity index (χ0v) is 11.9. The van der Waals surface area contributed by atoms with Gasteiger partial charge in [0.1, 0.15) is 16.9 Å². The van der Waals surface area contributed by atoms with Crippen molar-refractivity contribution in [2.45, 2.75) is 24.7 Å². The highest BCUT2D eigenvalue weighted by molar-refractivity contribution is 6.40. The summed E-state index contributed by atoms with van der Waals surface area (Å²) in [6.45, 7) is 0.0586. The van der Waals surface area contributed by atoms with Gasteiger partial charge in [0.25, 0.3) is 10.9 Å².